The third kappa shape index (κ3) is 3.25. The maximum absolute atomic E-state index is 12.1. The van der Waals surface area contributed by atoms with Gasteiger partial charge in [0.1, 0.15) is 0 Å². The van der Waals surface area contributed by atoms with Crippen molar-refractivity contribution in [3.05, 3.63) is 11.3 Å². The first kappa shape index (κ1) is 13.4. The summed E-state index contributed by atoms with van der Waals surface area (Å²) in [6.45, 7) is 3.73. The molecule has 5 nitrogen and oxygen atoms in total. The fraction of sp³-hybridized carbons (Fsp3) is 0.750. The van der Waals surface area contributed by atoms with Crippen LogP contribution in [-0.2, 0) is 10.0 Å². The van der Waals surface area contributed by atoms with Gasteiger partial charge in [-0.05, 0) is 32.6 Å². The second-order valence-corrected chi connectivity index (χ2v) is 6.98. The average molecular weight is 271 g/mol. The zero-order valence-corrected chi connectivity index (χ0v) is 11.8. The molecule has 0 amide bonds. The van der Waals surface area contributed by atoms with Gasteiger partial charge in [-0.1, -0.05) is 19.3 Å². The smallest absolute Gasteiger partial charge is 0.234 e. The molecule has 1 aliphatic rings. The summed E-state index contributed by atoms with van der Waals surface area (Å²) in [5, 5.41) is 6.76. The van der Waals surface area contributed by atoms with E-state index < -0.39 is 10.0 Å². The Labute approximate surface area is 108 Å². The van der Waals surface area contributed by atoms with Gasteiger partial charge in [-0.3, -0.25) is 9.82 Å². The lowest BCUT2D eigenvalue weighted by Gasteiger charge is -2.21. The molecular weight excluding hydrogens is 250 g/mol. The van der Waals surface area contributed by atoms with Crippen LogP contribution in [0.25, 0.3) is 0 Å². The molecule has 1 fully saturated rings. The second-order valence-electron chi connectivity index (χ2n) is 5.21. The number of sulfonamides is 1. The lowest BCUT2D eigenvalue weighted by molar-refractivity contribution is 0.385. The SMILES string of the molecule is Cc1[nH]nc(NS(=O)(=O)CC2CCCCC2)c1C. The summed E-state index contributed by atoms with van der Waals surface area (Å²) in [7, 11) is -3.28. The van der Waals surface area contributed by atoms with Crippen LogP contribution in [0, 0.1) is 19.8 Å². The van der Waals surface area contributed by atoms with E-state index in [1.807, 2.05) is 13.8 Å². The zero-order valence-electron chi connectivity index (χ0n) is 11.0. The van der Waals surface area contributed by atoms with Gasteiger partial charge in [0, 0.05) is 11.3 Å². The predicted molar refractivity (Wildman–Crippen MR) is 72.0 cm³/mol. The molecule has 6 heteroatoms. The van der Waals surface area contributed by atoms with E-state index in [0.717, 1.165) is 36.9 Å². The van der Waals surface area contributed by atoms with Crippen molar-refractivity contribution in [1.82, 2.24) is 10.2 Å². The minimum Gasteiger partial charge on any atom is -0.280 e. The second kappa shape index (κ2) is 5.30. The van der Waals surface area contributed by atoms with Crippen molar-refractivity contribution in [1.29, 1.82) is 0 Å². The maximum atomic E-state index is 12.1. The molecule has 0 aromatic carbocycles. The summed E-state index contributed by atoms with van der Waals surface area (Å²) < 4.78 is 26.7. The molecule has 0 aliphatic heterocycles. The molecule has 0 spiro atoms. The van der Waals surface area contributed by atoms with Crippen LogP contribution in [0.15, 0.2) is 0 Å². The van der Waals surface area contributed by atoms with Crippen LogP contribution >= 0.6 is 0 Å². The van der Waals surface area contributed by atoms with Crippen LogP contribution in [0.4, 0.5) is 5.82 Å². The Hall–Kier alpha value is -1.04. The van der Waals surface area contributed by atoms with Gasteiger partial charge in [0.25, 0.3) is 0 Å². The third-order valence-corrected chi connectivity index (χ3v) is 5.10. The summed E-state index contributed by atoms with van der Waals surface area (Å²) in [5.41, 5.74) is 1.76. The van der Waals surface area contributed by atoms with Crippen LogP contribution in [0.2, 0.25) is 0 Å². The first-order chi connectivity index (χ1) is 8.48. The molecule has 0 atom stereocenters. The summed E-state index contributed by atoms with van der Waals surface area (Å²) in [6, 6.07) is 0. The molecule has 0 radical (unpaired) electrons. The number of hydrogen-bond donors (Lipinski definition) is 2. The highest BCUT2D eigenvalue weighted by Gasteiger charge is 2.22. The van der Waals surface area contributed by atoms with Crippen molar-refractivity contribution < 1.29 is 8.42 Å². The Morgan fingerprint density at radius 2 is 1.94 bits per heavy atom. The molecular formula is C12H21N3O2S. The van der Waals surface area contributed by atoms with Crippen LogP contribution < -0.4 is 4.72 Å². The summed E-state index contributed by atoms with van der Waals surface area (Å²) in [5.74, 6) is 0.957. The Balaban J connectivity index is 2.00. The Bertz CT molecular complexity index is 501. The first-order valence-electron chi connectivity index (χ1n) is 6.50. The third-order valence-electron chi connectivity index (χ3n) is 3.69. The van der Waals surface area contributed by atoms with Gasteiger partial charge >= 0.3 is 0 Å². The van der Waals surface area contributed by atoms with Crippen LogP contribution in [-0.4, -0.2) is 24.4 Å². The molecule has 1 aromatic rings. The number of aromatic amines is 1. The summed E-state index contributed by atoms with van der Waals surface area (Å²) in [4.78, 5) is 0. The number of H-pyrrole nitrogens is 1. The average Bonchev–Trinajstić information content (AvgIpc) is 2.61. The van der Waals surface area contributed by atoms with Gasteiger partial charge in [0.05, 0.1) is 5.75 Å². The van der Waals surface area contributed by atoms with Gasteiger partial charge in [-0.25, -0.2) is 8.42 Å². The van der Waals surface area contributed by atoms with Crippen LogP contribution in [0.3, 0.4) is 0 Å². The predicted octanol–water partition coefficient (Wildman–Crippen LogP) is 2.35. The lowest BCUT2D eigenvalue weighted by Crippen LogP contribution is -2.24. The monoisotopic (exact) mass is 271 g/mol. The van der Waals surface area contributed by atoms with Crippen molar-refractivity contribution in [3.8, 4) is 0 Å². The van der Waals surface area contributed by atoms with E-state index in [1.54, 1.807) is 0 Å². The van der Waals surface area contributed by atoms with Crippen molar-refractivity contribution in [2.45, 2.75) is 46.0 Å². The molecule has 1 aliphatic carbocycles. The van der Waals surface area contributed by atoms with Gasteiger partial charge in [-0.2, -0.15) is 5.10 Å². The Morgan fingerprint density at radius 3 is 2.50 bits per heavy atom. The fourth-order valence-electron chi connectivity index (χ4n) is 2.44. The van der Waals surface area contributed by atoms with E-state index >= 15 is 0 Å². The molecule has 1 heterocycles. The molecule has 2 N–H and O–H groups in total. The minimum atomic E-state index is -3.28. The molecule has 1 aromatic heterocycles. The number of anilines is 1. The van der Waals surface area contributed by atoms with Gasteiger partial charge in [0.15, 0.2) is 5.82 Å². The minimum absolute atomic E-state index is 0.221. The van der Waals surface area contributed by atoms with Crippen molar-refractivity contribution in [2.24, 2.45) is 5.92 Å². The van der Waals surface area contributed by atoms with E-state index in [1.165, 1.54) is 6.42 Å². The van der Waals surface area contributed by atoms with Gasteiger partial charge in [-0.15, -0.1) is 0 Å². The number of hydrogen-bond acceptors (Lipinski definition) is 3. The quantitative estimate of drug-likeness (QED) is 0.882. The first-order valence-corrected chi connectivity index (χ1v) is 8.15. The van der Waals surface area contributed by atoms with Gasteiger partial charge in [0.2, 0.25) is 10.0 Å². The molecule has 0 saturated heterocycles. The van der Waals surface area contributed by atoms with Crippen molar-refractivity contribution >= 4 is 15.8 Å². The van der Waals surface area contributed by atoms with E-state index in [2.05, 4.69) is 14.9 Å². The van der Waals surface area contributed by atoms with E-state index in [9.17, 15) is 8.42 Å². The van der Waals surface area contributed by atoms with Gasteiger partial charge < -0.3 is 0 Å². The fourth-order valence-corrected chi connectivity index (χ4v) is 3.97. The Morgan fingerprint density at radius 1 is 1.28 bits per heavy atom. The normalized spacial score (nSPS) is 17.9. The van der Waals surface area contributed by atoms with Crippen LogP contribution in [0.5, 0.6) is 0 Å². The van der Waals surface area contributed by atoms with E-state index in [-0.39, 0.29) is 5.75 Å². The highest BCUT2D eigenvalue weighted by atomic mass is 32.2. The van der Waals surface area contributed by atoms with Crippen LogP contribution in [0.1, 0.15) is 43.4 Å². The molecule has 2 rings (SSSR count). The largest absolute Gasteiger partial charge is 0.280 e. The van der Waals surface area contributed by atoms with Crippen molar-refractivity contribution in [2.75, 3.05) is 10.5 Å². The standard InChI is InChI=1S/C12H21N3O2S/c1-9-10(2)13-14-12(9)15-18(16,17)8-11-6-4-3-5-7-11/h11H,3-8H2,1-2H3,(H2,13,14,15). The summed E-state index contributed by atoms with van der Waals surface area (Å²) >= 11 is 0. The molecule has 0 bridgehead atoms. The maximum Gasteiger partial charge on any atom is 0.234 e. The molecule has 1 saturated carbocycles. The highest BCUT2D eigenvalue weighted by molar-refractivity contribution is 7.92. The topological polar surface area (TPSA) is 74.8 Å². The lowest BCUT2D eigenvalue weighted by atomic mass is 9.91. The number of nitrogens with zero attached hydrogens (tertiary/aromatic N) is 1. The van der Waals surface area contributed by atoms with E-state index in [0.29, 0.717) is 11.7 Å². The molecule has 0 unspecified atom stereocenters. The van der Waals surface area contributed by atoms with E-state index in [4.69, 9.17) is 0 Å². The Kier molecular flexibility index (Phi) is 3.94. The summed E-state index contributed by atoms with van der Waals surface area (Å²) in [6.07, 6.45) is 5.60. The highest BCUT2D eigenvalue weighted by Crippen LogP contribution is 2.25. The zero-order chi connectivity index (χ0) is 13.2. The van der Waals surface area contributed by atoms with Crippen molar-refractivity contribution in [3.63, 3.8) is 0 Å². The number of nitrogens with one attached hydrogen (secondary N) is 2. The number of rotatable bonds is 4. The number of aromatic nitrogens is 2. The molecule has 18 heavy (non-hydrogen) atoms. The number of aryl methyl sites for hydroxylation is 1. The molecule has 102 valence electrons.